The van der Waals surface area contributed by atoms with Crippen LogP contribution in [0.25, 0.3) is 12.2 Å². The van der Waals surface area contributed by atoms with Gasteiger partial charge in [-0.1, -0.05) is 36.4 Å². The van der Waals surface area contributed by atoms with Crippen molar-refractivity contribution in [1.29, 1.82) is 0 Å². The summed E-state index contributed by atoms with van der Waals surface area (Å²) >= 11 is 3.18. The zero-order chi connectivity index (χ0) is 19.6. The molecule has 28 heavy (non-hydrogen) atoms. The van der Waals surface area contributed by atoms with Crippen molar-refractivity contribution in [3.63, 3.8) is 0 Å². The first-order chi connectivity index (χ1) is 13.7. The number of carbonyl (C=O) groups excluding carboxylic acids is 2. The lowest BCUT2D eigenvalue weighted by atomic mass is 10.1. The molecule has 1 aromatic carbocycles. The molecule has 0 aliphatic rings. The highest BCUT2D eigenvalue weighted by Crippen LogP contribution is 2.11. The van der Waals surface area contributed by atoms with Gasteiger partial charge < -0.3 is 10.6 Å². The van der Waals surface area contributed by atoms with Crippen molar-refractivity contribution in [3.05, 3.63) is 92.3 Å². The third-order valence-electron chi connectivity index (χ3n) is 3.84. The minimum Gasteiger partial charge on any atom is -0.348 e. The molecule has 0 saturated carbocycles. The molecule has 6 heteroatoms. The van der Waals surface area contributed by atoms with Gasteiger partial charge in [0, 0.05) is 35.0 Å². The molecule has 2 amide bonds. The van der Waals surface area contributed by atoms with Crippen LogP contribution in [0.5, 0.6) is 0 Å². The molecule has 0 radical (unpaired) electrons. The van der Waals surface area contributed by atoms with Crippen LogP contribution < -0.4 is 10.6 Å². The summed E-state index contributed by atoms with van der Waals surface area (Å²) in [5, 5.41) is 9.67. The Labute approximate surface area is 172 Å². The van der Waals surface area contributed by atoms with Crippen molar-refractivity contribution < 1.29 is 9.59 Å². The fraction of sp³-hybridized carbons (Fsp3) is 0.0909. The van der Waals surface area contributed by atoms with Gasteiger partial charge in [-0.15, -0.1) is 22.7 Å². The van der Waals surface area contributed by atoms with Gasteiger partial charge in [-0.2, -0.15) is 0 Å². The molecular formula is C22H20N2O2S2. The second kappa shape index (κ2) is 10.4. The fourth-order valence-electron chi connectivity index (χ4n) is 2.36. The Morgan fingerprint density at radius 2 is 1.14 bits per heavy atom. The molecule has 4 nitrogen and oxygen atoms in total. The Bertz CT molecular complexity index is 862. The Morgan fingerprint density at radius 1 is 0.714 bits per heavy atom. The van der Waals surface area contributed by atoms with Gasteiger partial charge in [0.2, 0.25) is 11.8 Å². The molecule has 0 atom stereocenters. The number of hydrogen-bond acceptors (Lipinski definition) is 4. The van der Waals surface area contributed by atoms with E-state index in [0.717, 1.165) is 20.9 Å². The second-order valence-corrected chi connectivity index (χ2v) is 7.91. The van der Waals surface area contributed by atoms with Gasteiger partial charge in [-0.3, -0.25) is 9.59 Å². The van der Waals surface area contributed by atoms with Crippen molar-refractivity contribution in [3.8, 4) is 0 Å². The van der Waals surface area contributed by atoms with E-state index in [1.165, 1.54) is 0 Å². The number of amides is 2. The Balaban J connectivity index is 1.40. The smallest absolute Gasteiger partial charge is 0.244 e. The average Bonchev–Trinajstić information content (AvgIpc) is 3.42. The predicted octanol–water partition coefficient (Wildman–Crippen LogP) is 4.47. The summed E-state index contributed by atoms with van der Waals surface area (Å²) in [6.45, 7) is 0.924. The molecule has 3 rings (SSSR count). The number of nitrogens with one attached hydrogen (secondary N) is 2. The molecule has 2 N–H and O–H groups in total. The standard InChI is InChI=1S/C22H20N2O2S2/c25-21(11-9-19-3-1-13-27-19)23-15-17-5-7-18(8-6-17)16-24-22(26)12-10-20-4-2-14-28-20/h1-14H,15-16H2,(H,23,25)(H,24,26)/b11-9+,12-10+. The number of hydrogen-bond donors (Lipinski definition) is 2. The van der Waals surface area contributed by atoms with E-state index in [-0.39, 0.29) is 11.8 Å². The van der Waals surface area contributed by atoms with Gasteiger partial charge in [0.1, 0.15) is 0 Å². The highest BCUT2D eigenvalue weighted by Gasteiger charge is 2.00. The second-order valence-electron chi connectivity index (χ2n) is 5.95. The van der Waals surface area contributed by atoms with Crippen LogP contribution in [0.15, 0.2) is 71.4 Å². The number of thiophene rings is 2. The lowest BCUT2D eigenvalue weighted by Crippen LogP contribution is -2.21. The maximum atomic E-state index is 11.9. The van der Waals surface area contributed by atoms with Gasteiger partial charge in [0.25, 0.3) is 0 Å². The van der Waals surface area contributed by atoms with Crippen molar-refractivity contribution in [2.45, 2.75) is 13.1 Å². The Kier molecular flexibility index (Phi) is 7.35. The van der Waals surface area contributed by atoms with Crippen LogP contribution >= 0.6 is 22.7 Å². The van der Waals surface area contributed by atoms with Crippen LogP contribution in [0.4, 0.5) is 0 Å². The summed E-state index contributed by atoms with van der Waals surface area (Å²) in [6.07, 6.45) is 6.69. The van der Waals surface area contributed by atoms with Crippen LogP contribution in [0.3, 0.4) is 0 Å². The predicted molar refractivity (Wildman–Crippen MR) is 117 cm³/mol. The molecule has 0 aliphatic heterocycles. The average molecular weight is 409 g/mol. The number of benzene rings is 1. The van der Waals surface area contributed by atoms with Crippen LogP contribution in [-0.2, 0) is 22.7 Å². The SMILES string of the molecule is O=C(/C=C/c1cccs1)NCc1ccc(CNC(=O)/C=C/c2cccs2)cc1. The monoisotopic (exact) mass is 408 g/mol. The van der Waals surface area contributed by atoms with Crippen molar-refractivity contribution in [1.82, 2.24) is 10.6 Å². The first-order valence-corrected chi connectivity index (χ1v) is 10.5. The molecular weight excluding hydrogens is 388 g/mol. The number of carbonyl (C=O) groups is 2. The summed E-state index contributed by atoms with van der Waals surface area (Å²) < 4.78 is 0. The maximum Gasteiger partial charge on any atom is 0.244 e. The van der Waals surface area contributed by atoms with E-state index in [0.29, 0.717) is 13.1 Å². The molecule has 0 spiro atoms. The summed E-state index contributed by atoms with van der Waals surface area (Å²) in [6, 6.07) is 15.6. The van der Waals surface area contributed by atoms with Gasteiger partial charge in [0.15, 0.2) is 0 Å². The van der Waals surface area contributed by atoms with Crippen molar-refractivity contribution >= 4 is 46.6 Å². The Morgan fingerprint density at radius 3 is 1.50 bits per heavy atom. The third-order valence-corrected chi connectivity index (χ3v) is 5.52. The van der Waals surface area contributed by atoms with E-state index in [2.05, 4.69) is 10.6 Å². The fourth-order valence-corrected chi connectivity index (χ4v) is 3.60. The summed E-state index contributed by atoms with van der Waals surface area (Å²) in [4.78, 5) is 25.8. The van der Waals surface area contributed by atoms with Crippen molar-refractivity contribution in [2.75, 3.05) is 0 Å². The summed E-state index contributed by atoms with van der Waals surface area (Å²) in [5.41, 5.74) is 2.01. The Hall–Kier alpha value is -2.96. The van der Waals surface area contributed by atoms with Crippen LogP contribution in [-0.4, -0.2) is 11.8 Å². The zero-order valence-corrected chi connectivity index (χ0v) is 16.8. The van der Waals surface area contributed by atoms with Crippen LogP contribution in [0, 0.1) is 0 Å². The van der Waals surface area contributed by atoms with Crippen LogP contribution in [0.2, 0.25) is 0 Å². The number of rotatable bonds is 8. The van der Waals surface area contributed by atoms with E-state index in [1.807, 2.05) is 59.3 Å². The van der Waals surface area contributed by atoms with E-state index in [4.69, 9.17) is 0 Å². The van der Waals surface area contributed by atoms with E-state index in [1.54, 1.807) is 47.0 Å². The lowest BCUT2D eigenvalue weighted by Gasteiger charge is -2.06. The molecule has 0 unspecified atom stereocenters. The van der Waals surface area contributed by atoms with Crippen LogP contribution in [0.1, 0.15) is 20.9 Å². The minimum atomic E-state index is -0.123. The highest BCUT2D eigenvalue weighted by molar-refractivity contribution is 7.11. The van der Waals surface area contributed by atoms with Crippen molar-refractivity contribution in [2.24, 2.45) is 0 Å². The molecule has 2 heterocycles. The summed E-state index contributed by atoms with van der Waals surface area (Å²) in [7, 11) is 0. The topological polar surface area (TPSA) is 58.2 Å². The maximum absolute atomic E-state index is 11.9. The molecule has 2 aromatic heterocycles. The molecule has 3 aromatic rings. The van der Waals surface area contributed by atoms with Gasteiger partial charge in [-0.25, -0.2) is 0 Å². The molecule has 142 valence electrons. The molecule has 0 saturated heterocycles. The first-order valence-electron chi connectivity index (χ1n) is 8.76. The largest absolute Gasteiger partial charge is 0.348 e. The quantitative estimate of drug-likeness (QED) is 0.540. The van der Waals surface area contributed by atoms with E-state index < -0.39 is 0 Å². The lowest BCUT2D eigenvalue weighted by molar-refractivity contribution is -0.117. The highest BCUT2D eigenvalue weighted by atomic mass is 32.1. The first kappa shape index (κ1) is 19.8. The van der Waals surface area contributed by atoms with Gasteiger partial charge in [0.05, 0.1) is 0 Å². The molecule has 0 bridgehead atoms. The zero-order valence-electron chi connectivity index (χ0n) is 15.1. The van der Waals surface area contributed by atoms with E-state index in [9.17, 15) is 9.59 Å². The molecule has 0 fully saturated rings. The van der Waals surface area contributed by atoms with Gasteiger partial charge in [-0.05, 0) is 46.2 Å². The summed E-state index contributed by atoms with van der Waals surface area (Å²) in [5.74, 6) is -0.246. The normalized spacial score (nSPS) is 11.1. The molecule has 0 aliphatic carbocycles. The minimum absolute atomic E-state index is 0.123. The third kappa shape index (κ3) is 6.64. The van der Waals surface area contributed by atoms with E-state index >= 15 is 0 Å². The van der Waals surface area contributed by atoms with Gasteiger partial charge >= 0.3 is 0 Å².